The number of ether oxygens (including phenoxy) is 1. The topological polar surface area (TPSA) is 35.2 Å². The Kier molecular flexibility index (Phi) is 1.83. The standard InChI is InChI=1S/C9H10FNO/c10-7-1-2-8-6(3-7)4-12-5-9(8)11/h1-3,9H,4-5,11H2. The summed E-state index contributed by atoms with van der Waals surface area (Å²) in [5.41, 5.74) is 7.62. The van der Waals surface area contributed by atoms with Crippen LogP contribution < -0.4 is 5.73 Å². The van der Waals surface area contributed by atoms with Crippen LogP contribution in [0, 0.1) is 5.82 Å². The van der Waals surface area contributed by atoms with Crippen molar-refractivity contribution in [3.63, 3.8) is 0 Å². The van der Waals surface area contributed by atoms with Crippen molar-refractivity contribution in [3.8, 4) is 0 Å². The summed E-state index contributed by atoms with van der Waals surface area (Å²) in [4.78, 5) is 0. The molecule has 1 aliphatic rings. The number of halogens is 1. The Morgan fingerprint density at radius 1 is 1.50 bits per heavy atom. The molecule has 0 spiro atoms. The first-order valence-corrected chi connectivity index (χ1v) is 3.89. The molecule has 1 unspecified atom stereocenters. The van der Waals surface area contributed by atoms with Gasteiger partial charge in [-0.2, -0.15) is 0 Å². The monoisotopic (exact) mass is 167 g/mol. The lowest BCUT2D eigenvalue weighted by Gasteiger charge is -2.22. The maximum absolute atomic E-state index is 12.7. The van der Waals surface area contributed by atoms with Gasteiger partial charge in [0.2, 0.25) is 0 Å². The van der Waals surface area contributed by atoms with Crippen molar-refractivity contribution in [1.29, 1.82) is 0 Å². The Hall–Kier alpha value is -0.930. The minimum absolute atomic E-state index is 0.102. The summed E-state index contributed by atoms with van der Waals surface area (Å²) in [6.07, 6.45) is 0. The van der Waals surface area contributed by atoms with Crippen LogP contribution >= 0.6 is 0 Å². The van der Waals surface area contributed by atoms with Crippen LogP contribution in [0.5, 0.6) is 0 Å². The summed E-state index contributed by atoms with van der Waals surface area (Å²) < 4.78 is 17.9. The summed E-state index contributed by atoms with van der Waals surface area (Å²) in [7, 11) is 0. The van der Waals surface area contributed by atoms with Gasteiger partial charge < -0.3 is 10.5 Å². The van der Waals surface area contributed by atoms with Crippen LogP contribution in [0.4, 0.5) is 4.39 Å². The highest BCUT2D eigenvalue weighted by atomic mass is 19.1. The fraction of sp³-hybridized carbons (Fsp3) is 0.333. The molecule has 0 saturated carbocycles. The third-order valence-corrected chi connectivity index (χ3v) is 2.06. The van der Waals surface area contributed by atoms with Gasteiger partial charge in [-0.05, 0) is 23.3 Å². The van der Waals surface area contributed by atoms with Crippen molar-refractivity contribution in [2.45, 2.75) is 12.6 Å². The lowest BCUT2D eigenvalue weighted by atomic mass is 10.00. The zero-order valence-corrected chi connectivity index (χ0v) is 6.59. The SMILES string of the molecule is NC1COCc2cc(F)ccc21. The Morgan fingerprint density at radius 2 is 2.33 bits per heavy atom. The summed E-state index contributed by atoms with van der Waals surface area (Å²) in [6, 6.07) is 4.55. The van der Waals surface area contributed by atoms with E-state index in [1.54, 1.807) is 6.07 Å². The van der Waals surface area contributed by atoms with Gasteiger partial charge in [0.1, 0.15) is 5.82 Å². The van der Waals surface area contributed by atoms with Gasteiger partial charge in [-0.25, -0.2) is 4.39 Å². The molecule has 0 saturated heterocycles. The number of hydrogen-bond donors (Lipinski definition) is 1. The van der Waals surface area contributed by atoms with Crippen molar-refractivity contribution in [3.05, 3.63) is 35.1 Å². The molecule has 64 valence electrons. The quantitative estimate of drug-likeness (QED) is 0.633. The molecule has 0 fully saturated rings. The van der Waals surface area contributed by atoms with E-state index in [1.165, 1.54) is 12.1 Å². The third-order valence-electron chi connectivity index (χ3n) is 2.06. The maximum Gasteiger partial charge on any atom is 0.123 e. The van der Waals surface area contributed by atoms with Crippen LogP contribution in [0.25, 0.3) is 0 Å². The van der Waals surface area contributed by atoms with E-state index in [-0.39, 0.29) is 11.9 Å². The molecular formula is C9H10FNO. The summed E-state index contributed by atoms with van der Waals surface area (Å²) >= 11 is 0. The molecule has 3 heteroatoms. The highest BCUT2D eigenvalue weighted by molar-refractivity contribution is 5.31. The van der Waals surface area contributed by atoms with Crippen LogP contribution in [0.1, 0.15) is 17.2 Å². The van der Waals surface area contributed by atoms with E-state index in [0.717, 1.165) is 11.1 Å². The van der Waals surface area contributed by atoms with Gasteiger partial charge >= 0.3 is 0 Å². The summed E-state index contributed by atoms with van der Waals surface area (Å²) in [5, 5.41) is 0. The summed E-state index contributed by atoms with van der Waals surface area (Å²) in [6.45, 7) is 0.999. The lowest BCUT2D eigenvalue weighted by Crippen LogP contribution is -2.23. The molecule has 0 aliphatic carbocycles. The normalized spacial score (nSPS) is 22.0. The van der Waals surface area contributed by atoms with Gasteiger partial charge in [-0.1, -0.05) is 6.07 Å². The average molecular weight is 167 g/mol. The van der Waals surface area contributed by atoms with Crippen LogP contribution in [0.15, 0.2) is 18.2 Å². The highest BCUT2D eigenvalue weighted by Crippen LogP contribution is 2.23. The van der Waals surface area contributed by atoms with E-state index in [1.807, 2.05) is 0 Å². The Morgan fingerprint density at radius 3 is 3.17 bits per heavy atom. The smallest absolute Gasteiger partial charge is 0.123 e. The second-order valence-corrected chi connectivity index (χ2v) is 2.96. The van der Waals surface area contributed by atoms with Gasteiger partial charge in [-0.3, -0.25) is 0 Å². The van der Waals surface area contributed by atoms with Gasteiger partial charge in [0.15, 0.2) is 0 Å². The van der Waals surface area contributed by atoms with Crippen LogP contribution in [0.2, 0.25) is 0 Å². The number of benzene rings is 1. The molecule has 1 aromatic carbocycles. The predicted molar refractivity (Wildman–Crippen MR) is 43.0 cm³/mol. The first-order chi connectivity index (χ1) is 5.77. The number of hydrogen-bond acceptors (Lipinski definition) is 2. The van der Waals surface area contributed by atoms with E-state index < -0.39 is 0 Å². The highest BCUT2D eigenvalue weighted by Gasteiger charge is 2.16. The predicted octanol–water partition coefficient (Wildman–Crippen LogP) is 1.36. The van der Waals surface area contributed by atoms with E-state index in [4.69, 9.17) is 10.5 Å². The molecule has 2 N–H and O–H groups in total. The Labute approximate surface area is 70.1 Å². The minimum Gasteiger partial charge on any atom is -0.375 e. The van der Waals surface area contributed by atoms with Gasteiger partial charge in [0.05, 0.1) is 19.3 Å². The molecule has 0 amide bonds. The number of nitrogens with two attached hydrogens (primary N) is 1. The number of fused-ring (bicyclic) bond motifs is 1. The lowest BCUT2D eigenvalue weighted by molar-refractivity contribution is 0.0921. The minimum atomic E-state index is -0.230. The van der Waals surface area contributed by atoms with Crippen LogP contribution in [0.3, 0.4) is 0 Å². The zero-order valence-electron chi connectivity index (χ0n) is 6.59. The van der Waals surface area contributed by atoms with Crippen molar-refractivity contribution in [2.75, 3.05) is 6.61 Å². The van der Waals surface area contributed by atoms with E-state index in [2.05, 4.69) is 0 Å². The second kappa shape index (κ2) is 2.84. The van der Waals surface area contributed by atoms with Crippen molar-refractivity contribution < 1.29 is 9.13 Å². The molecule has 1 atom stereocenters. The van der Waals surface area contributed by atoms with Gasteiger partial charge in [0, 0.05) is 0 Å². The number of rotatable bonds is 0. The fourth-order valence-corrected chi connectivity index (χ4v) is 1.45. The Bertz CT molecular complexity index is 301. The first kappa shape index (κ1) is 7.71. The summed E-state index contributed by atoms with van der Waals surface area (Å²) in [5.74, 6) is -0.230. The molecule has 0 radical (unpaired) electrons. The molecule has 2 rings (SSSR count). The first-order valence-electron chi connectivity index (χ1n) is 3.89. The van der Waals surface area contributed by atoms with E-state index in [0.29, 0.717) is 13.2 Å². The molecule has 1 aliphatic heterocycles. The van der Waals surface area contributed by atoms with Crippen molar-refractivity contribution in [2.24, 2.45) is 5.73 Å². The average Bonchev–Trinajstić information content (AvgIpc) is 2.04. The van der Waals surface area contributed by atoms with Crippen LogP contribution in [-0.2, 0) is 11.3 Å². The van der Waals surface area contributed by atoms with Gasteiger partial charge in [0.25, 0.3) is 0 Å². The van der Waals surface area contributed by atoms with Crippen molar-refractivity contribution >= 4 is 0 Å². The largest absolute Gasteiger partial charge is 0.375 e. The molecule has 0 bridgehead atoms. The fourth-order valence-electron chi connectivity index (χ4n) is 1.45. The zero-order chi connectivity index (χ0) is 8.55. The van der Waals surface area contributed by atoms with E-state index in [9.17, 15) is 4.39 Å². The van der Waals surface area contributed by atoms with Gasteiger partial charge in [-0.15, -0.1) is 0 Å². The molecule has 1 heterocycles. The Balaban J connectivity index is 2.46. The third kappa shape index (κ3) is 1.21. The molecule has 2 nitrogen and oxygen atoms in total. The molecule has 0 aromatic heterocycles. The second-order valence-electron chi connectivity index (χ2n) is 2.96. The molecular weight excluding hydrogens is 157 g/mol. The maximum atomic E-state index is 12.7. The van der Waals surface area contributed by atoms with Crippen LogP contribution in [-0.4, -0.2) is 6.61 Å². The van der Waals surface area contributed by atoms with E-state index >= 15 is 0 Å². The van der Waals surface area contributed by atoms with Crippen molar-refractivity contribution in [1.82, 2.24) is 0 Å². The molecule has 12 heavy (non-hydrogen) atoms. The molecule has 1 aromatic rings.